The Balaban J connectivity index is 1.51. The number of carbonyl (C=O) groups is 2. The molecule has 0 aliphatic carbocycles. The van der Waals surface area contributed by atoms with Gasteiger partial charge in [0.2, 0.25) is 5.91 Å². The fraction of sp³-hybridized carbons (Fsp3) is 0.0833. The van der Waals surface area contributed by atoms with Crippen molar-refractivity contribution in [2.45, 2.75) is 13.5 Å². The van der Waals surface area contributed by atoms with Gasteiger partial charge in [0.1, 0.15) is 12.4 Å². The predicted octanol–water partition coefficient (Wildman–Crippen LogP) is 3.86. The number of nitriles is 1. The smallest absolute Gasteiger partial charge is 0.271 e. The summed E-state index contributed by atoms with van der Waals surface area (Å²) in [4.78, 5) is 23.2. The Morgan fingerprint density at radius 3 is 2.42 bits per heavy atom. The van der Waals surface area contributed by atoms with Gasteiger partial charge in [0, 0.05) is 23.7 Å². The number of rotatable bonds is 7. The molecule has 2 amide bonds. The molecule has 2 N–H and O–H groups in total. The first kappa shape index (κ1) is 21.3. The summed E-state index contributed by atoms with van der Waals surface area (Å²) < 4.78 is 5.73. The lowest BCUT2D eigenvalue weighted by molar-refractivity contribution is -0.114. The SMILES string of the molecule is CC(=O)Nc1ccc(C(=O)NN=Cc2ccc(OCc3ccccc3C#N)cc2)cc1. The number of nitrogens with zero attached hydrogens (tertiary/aromatic N) is 2. The van der Waals surface area contributed by atoms with Crippen LogP contribution in [-0.2, 0) is 11.4 Å². The van der Waals surface area contributed by atoms with E-state index in [-0.39, 0.29) is 11.8 Å². The van der Waals surface area contributed by atoms with Crippen molar-refractivity contribution in [2.75, 3.05) is 5.32 Å². The highest BCUT2D eigenvalue weighted by atomic mass is 16.5. The van der Waals surface area contributed by atoms with Crippen LogP contribution in [0.1, 0.15) is 34.0 Å². The minimum Gasteiger partial charge on any atom is -0.489 e. The third-order valence-corrected chi connectivity index (χ3v) is 4.26. The van der Waals surface area contributed by atoms with Crippen molar-refractivity contribution >= 4 is 23.7 Å². The van der Waals surface area contributed by atoms with Gasteiger partial charge in [-0.25, -0.2) is 5.43 Å². The molecule has 3 aromatic carbocycles. The Morgan fingerprint density at radius 2 is 1.74 bits per heavy atom. The lowest BCUT2D eigenvalue weighted by Crippen LogP contribution is -2.17. The molecule has 0 unspecified atom stereocenters. The number of anilines is 1. The second-order valence-corrected chi connectivity index (χ2v) is 6.58. The molecule has 0 spiro atoms. The first-order chi connectivity index (χ1) is 15.0. The fourth-order valence-corrected chi connectivity index (χ4v) is 2.70. The number of hydrogen-bond acceptors (Lipinski definition) is 5. The Labute approximate surface area is 180 Å². The van der Waals surface area contributed by atoms with E-state index in [1.54, 1.807) is 42.5 Å². The molecule has 0 atom stereocenters. The summed E-state index contributed by atoms with van der Waals surface area (Å²) in [5.74, 6) is 0.125. The lowest BCUT2D eigenvalue weighted by Gasteiger charge is -2.07. The monoisotopic (exact) mass is 412 g/mol. The molecule has 7 nitrogen and oxygen atoms in total. The normalized spacial score (nSPS) is 10.3. The van der Waals surface area contributed by atoms with E-state index in [0.29, 0.717) is 29.2 Å². The zero-order valence-electron chi connectivity index (χ0n) is 16.8. The number of hydrazone groups is 1. The zero-order chi connectivity index (χ0) is 22.1. The van der Waals surface area contributed by atoms with Crippen molar-refractivity contribution in [3.8, 4) is 11.8 Å². The van der Waals surface area contributed by atoms with E-state index in [1.165, 1.54) is 13.1 Å². The molecule has 0 bridgehead atoms. The van der Waals surface area contributed by atoms with Crippen LogP contribution in [0.4, 0.5) is 5.69 Å². The minimum absolute atomic E-state index is 0.176. The van der Waals surface area contributed by atoms with Gasteiger partial charge in [0.25, 0.3) is 5.91 Å². The zero-order valence-corrected chi connectivity index (χ0v) is 16.8. The highest BCUT2D eigenvalue weighted by molar-refractivity contribution is 5.96. The molecule has 0 aromatic heterocycles. The summed E-state index contributed by atoms with van der Waals surface area (Å²) in [5, 5.41) is 15.7. The lowest BCUT2D eigenvalue weighted by atomic mass is 10.1. The van der Waals surface area contributed by atoms with Crippen LogP contribution in [0.5, 0.6) is 5.75 Å². The van der Waals surface area contributed by atoms with E-state index in [9.17, 15) is 9.59 Å². The summed E-state index contributed by atoms with van der Waals surface area (Å²) in [6, 6.07) is 23.1. The third kappa shape index (κ3) is 6.27. The van der Waals surface area contributed by atoms with Gasteiger partial charge in [-0.1, -0.05) is 18.2 Å². The standard InChI is InChI=1S/C24H20N4O3/c1-17(29)27-22-10-8-19(9-11-22)24(30)28-26-15-18-6-12-23(13-7-18)31-16-21-5-3-2-4-20(21)14-25/h2-13,15H,16H2,1H3,(H,27,29)(H,28,30). The van der Waals surface area contributed by atoms with E-state index in [4.69, 9.17) is 10.00 Å². The van der Waals surface area contributed by atoms with Crippen LogP contribution in [0.2, 0.25) is 0 Å². The van der Waals surface area contributed by atoms with Gasteiger partial charge in [0.05, 0.1) is 17.8 Å². The summed E-state index contributed by atoms with van der Waals surface area (Å²) in [7, 11) is 0. The van der Waals surface area contributed by atoms with E-state index in [2.05, 4.69) is 21.9 Å². The molecule has 154 valence electrons. The number of nitrogens with one attached hydrogen (secondary N) is 2. The van der Waals surface area contributed by atoms with Crippen LogP contribution in [-0.4, -0.2) is 18.0 Å². The third-order valence-electron chi connectivity index (χ3n) is 4.26. The molecule has 3 aromatic rings. The van der Waals surface area contributed by atoms with Crippen LogP contribution in [0.15, 0.2) is 77.9 Å². The Hall–Kier alpha value is -4.44. The van der Waals surface area contributed by atoms with Crippen molar-refractivity contribution in [3.63, 3.8) is 0 Å². The van der Waals surface area contributed by atoms with Crippen LogP contribution in [0.3, 0.4) is 0 Å². The highest BCUT2D eigenvalue weighted by Crippen LogP contribution is 2.15. The fourth-order valence-electron chi connectivity index (χ4n) is 2.70. The molecule has 7 heteroatoms. The molecule has 0 saturated carbocycles. The van der Waals surface area contributed by atoms with Crippen LogP contribution in [0, 0.1) is 11.3 Å². The molecular weight excluding hydrogens is 392 g/mol. The van der Waals surface area contributed by atoms with Crippen LogP contribution in [0.25, 0.3) is 0 Å². The first-order valence-electron chi connectivity index (χ1n) is 9.47. The molecule has 0 aliphatic rings. The van der Waals surface area contributed by atoms with Crippen molar-refractivity contribution in [3.05, 3.63) is 95.1 Å². The van der Waals surface area contributed by atoms with E-state index in [1.807, 2.05) is 30.3 Å². The van der Waals surface area contributed by atoms with E-state index in [0.717, 1.165) is 11.1 Å². The van der Waals surface area contributed by atoms with Crippen LogP contribution >= 0.6 is 0 Å². The van der Waals surface area contributed by atoms with Gasteiger partial charge >= 0.3 is 0 Å². The molecule has 31 heavy (non-hydrogen) atoms. The van der Waals surface area contributed by atoms with Gasteiger partial charge in [-0.2, -0.15) is 10.4 Å². The van der Waals surface area contributed by atoms with E-state index < -0.39 is 0 Å². The summed E-state index contributed by atoms with van der Waals surface area (Å²) >= 11 is 0. The summed E-state index contributed by atoms with van der Waals surface area (Å²) in [5.41, 5.74) is 5.70. The number of carbonyl (C=O) groups excluding carboxylic acids is 2. The Morgan fingerprint density at radius 1 is 1.03 bits per heavy atom. The quantitative estimate of drug-likeness (QED) is 0.454. The molecular formula is C24H20N4O3. The molecule has 3 rings (SSSR count). The number of hydrogen-bond donors (Lipinski definition) is 2. The van der Waals surface area contributed by atoms with Gasteiger partial charge in [-0.05, 0) is 60.2 Å². The number of amides is 2. The topological polar surface area (TPSA) is 104 Å². The molecule has 0 aliphatic heterocycles. The first-order valence-corrected chi connectivity index (χ1v) is 9.47. The van der Waals surface area contributed by atoms with Crippen molar-refractivity contribution < 1.29 is 14.3 Å². The van der Waals surface area contributed by atoms with Crippen molar-refractivity contribution in [2.24, 2.45) is 5.10 Å². The number of ether oxygens (including phenoxy) is 1. The molecule has 0 saturated heterocycles. The molecule has 0 radical (unpaired) electrons. The molecule has 0 fully saturated rings. The predicted molar refractivity (Wildman–Crippen MR) is 118 cm³/mol. The van der Waals surface area contributed by atoms with Crippen molar-refractivity contribution in [1.29, 1.82) is 5.26 Å². The van der Waals surface area contributed by atoms with Crippen molar-refractivity contribution in [1.82, 2.24) is 5.43 Å². The number of benzene rings is 3. The van der Waals surface area contributed by atoms with Gasteiger partial charge in [0.15, 0.2) is 0 Å². The maximum absolute atomic E-state index is 12.1. The maximum atomic E-state index is 12.1. The largest absolute Gasteiger partial charge is 0.489 e. The summed E-state index contributed by atoms with van der Waals surface area (Å²) in [6.07, 6.45) is 1.53. The Bertz CT molecular complexity index is 1130. The van der Waals surface area contributed by atoms with Gasteiger partial charge < -0.3 is 10.1 Å². The average Bonchev–Trinajstić information content (AvgIpc) is 2.78. The van der Waals surface area contributed by atoms with Gasteiger partial charge in [-0.3, -0.25) is 9.59 Å². The minimum atomic E-state index is -0.360. The highest BCUT2D eigenvalue weighted by Gasteiger charge is 2.05. The molecule has 0 heterocycles. The van der Waals surface area contributed by atoms with Crippen LogP contribution < -0.4 is 15.5 Å². The second-order valence-electron chi connectivity index (χ2n) is 6.58. The van der Waals surface area contributed by atoms with Gasteiger partial charge in [-0.15, -0.1) is 0 Å². The summed E-state index contributed by atoms with van der Waals surface area (Å²) in [6.45, 7) is 1.72. The maximum Gasteiger partial charge on any atom is 0.271 e. The van der Waals surface area contributed by atoms with E-state index >= 15 is 0 Å². The average molecular weight is 412 g/mol. The Kier molecular flexibility index (Phi) is 7.12. The second kappa shape index (κ2) is 10.4.